The van der Waals surface area contributed by atoms with E-state index in [1.54, 1.807) is 0 Å². The number of aromatic nitrogens is 1. The molecule has 3 heteroatoms. The molecule has 0 spiro atoms. The van der Waals surface area contributed by atoms with Crippen LogP contribution in [0.4, 0.5) is 5.69 Å². The highest BCUT2D eigenvalue weighted by Gasteiger charge is 2.13. The zero-order valence-electron chi connectivity index (χ0n) is 17.7. The lowest BCUT2D eigenvalue weighted by atomic mass is 9.95. The van der Waals surface area contributed by atoms with Gasteiger partial charge in [0.15, 0.2) is 0 Å². The highest BCUT2D eigenvalue weighted by atomic mass is 16.1. The van der Waals surface area contributed by atoms with Gasteiger partial charge in [0.05, 0.1) is 0 Å². The van der Waals surface area contributed by atoms with Gasteiger partial charge >= 0.3 is 0 Å². The van der Waals surface area contributed by atoms with Gasteiger partial charge in [0.1, 0.15) is 0 Å². The first-order valence-electron chi connectivity index (χ1n) is 10.5. The van der Waals surface area contributed by atoms with Crippen LogP contribution in [0.15, 0.2) is 91.1 Å². The van der Waals surface area contributed by atoms with Crippen LogP contribution in [-0.2, 0) is 18.3 Å². The Balaban J connectivity index is 1.58. The quantitative estimate of drug-likeness (QED) is 0.362. The Bertz CT molecular complexity index is 1410. The smallest absolute Gasteiger partial charge is 0.221 e. The second-order valence-electron chi connectivity index (χ2n) is 8.08. The molecule has 0 unspecified atom stereocenters. The molecule has 1 N–H and O–H groups in total. The Labute approximate surface area is 181 Å². The summed E-state index contributed by atoms with van der Waals surface area (Å²) in [6.07, 6.45) is 3.12. The van der Waals surface area contributed by atoms with E-state index in [0.717, 1.165) is 17.7 Å². The minimum Gasteiger partial charge on any atom is -0.350 e. The molecule has 0 fully saturated rings. The molecule has 1 amide bonds. The molecule has 1 heterocycles. The van der Waals surface area contributed by atoms with E-state index in [1.165, 1.54) is 45.3 Å². The second kappa shape index (κ2) is 7.77. The summed E-state index contributed by atoms with van der Waals surface area (Å²) in [7, 11) is 2.11. The fraction of sp³-hybridized carbons (Fsp3) is 0.107. The zero-order valence-corrected chi connectivity index (χ0v) is 17.7. The number of aryl methyl sites for hydroxylation is 1. The van der Waals surface area contributed by atoms with Crippen molar-refractivity contribution in [1.29, 1.82) is 0 Å². The summed E-state index contributed by atoms with van der Waals surface area (Å²) < 4.78 is 2.21. The number of hydrogen-bond acceptors (Lipinski definition) is 1. The molecule has 0 atom stereocenters. The molecule has 5 rings (SSSR count). The van der Waals surface area contributed by atoms with Gasteiger partial charge in [-0.1, -0.05) is 66.7 Å². The fourth-order valence-corrected chi connectivity index (χ4v) is 4.42. The van der Waals surface area contributed by atoms with E-state index in [9.17, 15) is 4.79 Å². The second-order valence-corrected chi connectivity index (χ2v) is 8.08. The number of nitrogens with zero attached hydrogens (tertiary/aromatic N) is 1. The first kappa shape index (κ1) is 19.1. The summed E-state index contributed by atoms with van der Waals surface area (Å²) in [4.78, 5) is 11.3. The Morgan fingerprint density at radius 1 is 0.871 bits per heavy atom. The van der Waals surface area contributed by atoms with Crippen LogP contribution in [-0.4, -0.2) is 10.5 Å². The first-order valence-corrected chi connectivity index (χ1v) is 10.5. The van der Waals surface area contributed by atoms with Gasteiger partial charge in [0.2, 0.25) is 5.91 Å². The topological polar surface area (TPSA) is 34.0 Å². The summed E-state index contributed by atoms with van der Waals surface area (Å²) in [6.45, 7) is 1.53. The molecule has 0 aliphatic rings. The lowest BCUT2D eigenvalue weighted by Gasteiger charge is -2.09. The van der Waals surface area contributed by atoms with E-state index in [4.69, 9.17) is 0 Å². The van der Waals surface area contributed by atoms with Gasteiger partial charge in [0.25, 0.3) is 0 Å². The maximum absolute atomic E-state index is 11.3. The summed E-state index contributed by atoms with van der Waals surface area (Å²) >= 11 is 0. The van der Waals surface area contributed by atoms with Crippen LogP contribution >= 0.6 is 0 Å². The van der Waals surface area contributed by atoms with Gasteiger partial charge in [-0.05, 0) is 57.6 Å². The SMILES string of the molecule is CC(=O)Nc1ccc(-c2cccc3c2c(Cc2ccc4ccccc4c2)cn3C)cc1. The molecule has 152 valence electrons. The van der Waals surface area contributed by atoms with Gasteiger partial charge < -0.3 is 9.88 Å². The maximum atomic E-state index is 11.3. The van der Waals surface area contributed by atoms with Crippen LogP contribution < -0.4 is 5.32 Å². The van der Waals surface area contributed by atoms with E-state index < -0.39 is 0 Å². The summed E-state index contributed by atoms with van der Waals surface area (Å²) in [6, 6.07) is 29.8. The standard InChI is InChI=1S/C28H24N2O/c1-19(31)29-25-14-12-22(13-15-25)26-8-5-9-27-28(26)24(18-30(27)2)17-20-10-11-21-6-3-4-7-23(21)16-20/h3-16,18H,17H2,1-2H3,(H,29,31). The number of carbonyl (C=O) groups excluding carboxylic acids is 1. The third kappa shape index (κ3) is 3.71. The highest BCUT2D eigenvalue weighted by molar-refractivity contribution is 5.99. The van der Waals surface area contributed by atoms with Crippen molar-refractivity contribution in [3.63, 3.8) is 0 Å². The third-order valence-corrected chi connectivity index (χ3v) is 5.82. The molecule has 31 heavy (non-hydrogen) atoms. The molecule has 0 saturated carbocycles. The van der Waals surface area contributed by atoms with Gasteiger partial charge in [0, 0.05) is 36.8 Å². The van der Waals surface area contributed by atoms with E-state index in [1.807, 2.05) is 12.1 Å². The number of nitrogens with one attached hydrogen (secondary N) is 1. The first-order chi connectivity index (χ1) is 15.1. The predicted octanol–water partition coefficient (Wildman–Crippen LogP) is 6.55. The number of rotatable bonds is 4. The molecule has 0 aliphatic heterocycles. The van der Waals surface area contributed by atoms with Crippen LogP contribution in [0.2, 0.25) is 0 Å². The van der Waals surface area contributed by atoms with E-state index in [-0.39, 0.29) is 5.91 Å². The van der Waals surface area contributed by atoms with Crippen LogP contribution in [0, 0.1) is 0 Å². The van der Waals surface area contributed by atoms with Crippen molar-refractivity contribution in [3.05, 3.63) is 102 Å². The Kier molecular flexibility index (Phi) is 4.79. The van der Waals surface area contributed by atoms with Crippen LogP contribution in [0.5, 0.6) is 0 Å². The lowest BCUT2D eigenvalue weighted by Crippen LogP contribution is -2.05. The van der Waals surface area contributed by atoms with Gasteiger partial charge in [-0.15, -0.1) is 0 Å². The van der Waals surface area contributed by atoms with Crippen molar-refractivity contribution in [1.82, 2.24) is 4.57 Å². The molecule has 4 aromatic carbocycles. The van der Waals surface area contributed by atoms with E-state index in [0.29, 0.717) is 0 Å². The minimum absolute atomic E-state index is 0.0596. The molecular weight excluding hydrogens is 380 g/mol. The number of benzene rings is 4. The van der Waals surface area contributed by atoms with Gasteiger partial charge in [-0.25, -0.2) is 0 Å². The maximum Gasteiger partial charge on any atom is 0.221 e. The molecule has 0 aliphatic carbocycles. The summed E-state index contributed by atoms with van der Waals surface area (Å²) in [5, 5.41) is 6.66. The Morgan fingerprint density at radius 2 is 1.65 bits per heavy atom. The minimum atomic E-state index is -0.0596. The Morgan fingerprint density at radius 3 is 2.42 bits per heavy atom. The normalized spacial score (nSPS) is 11.2. The van der Waals surface area contributed by atoms with Crippen molar-refractivity contribution in [3.8, 4) is 11.1 Å². The largest absolute Gasteiger partial charge is 0.350 e. The zero-order chi connectivity index (χ0) is 21.4. The molecule has 5 aromatic rings. The van der Waals surface area contributed by atoms with Crippen molar-refractivity contribution >= 4 is 33.3 Å². The number of fused-ring (bicyclic) bond motifs is 2. The van der Waals surface area contributed by atoms with Crippen LogP contribution in [0.25, 0.3) is 32.8 Å². The molecule has 3 nitrogen and oxygen atoms in total. The highest BCUT2D eigenvalue weighted by Crippen LogP contribution is 2.34. The summed E-state index contributed by atoms with van der Waals surface area (Å²) in [5.74, 6) is -0.0596. The van der Waals surface area contributed by atoms with Gasteiger partial charge in [-0.2, -0.15) is 0 Å². The number of hydrogen-bond donors (Lipinski definition) is 1. The third-order valence-electron chi connectivity index (χ3n) is 5.82. The molecule has 0 saturated heterocycles. The molecule has 0 radical (unpaired) electrons. The van der Waals surface area contributed by atoms with E-state index in [2.05, 4.69) is 95.9 Å². The fourth-order valence-electron chi connectivity index (χ4n) is 4.42. The average molecular weight is 405 g/mol. The predicted molar refractivity (Wildman–Crippen MR) is 129 cm³/mol. The summed E-state index contributed by atoms with van der Waals surface area (Å²) in [5.41, 5.74) is 7.01. The number of amides is 1. The van der Waals surface area contributed by atoms with Crippen LogP contribution in [0.1, 0.15) is 18.1 Å². The number of carbonyl (C=O) groups is 1. The monoisotopic (exact) mass is 404 g/mol. The Hall–Kier alpha value is -3.85. The molecule has 0 bridgehead atoms. The van der Waals surface area contributed by atoms with Crippen molar-refractivity contribution in [2.75, 3.05) is 5.32 Å². The van der Waals surface area contributed by atoms with E-state index >= 15 is 0 Å². The van der Waals surface area contributed by atoms with Crippen LogP contribution in [0.3, 0.4) is 0 Å². The molecule has 1 aromatic heterocycles. The molecular formula is C28H24N2O. The van der Waals surface area contributed by atoms with Crippen molar-refractivity contribution in [2.45, 2.75) is 13.3 Å². The van der Waals surface area contributed by atoms with Gasteiger partial charge in [-0.3, -0.25) is 4.79 Å². The lowest BCUT2D eigenvalue weighted by molar-refractivity contribution is -0.114. The average Bonchev–Trinajstić information content (AvgIpc) is 3.09. The number of anilines is 1. The van der Waals surface area contributed by atoms with Crippen molar-refractivity contribution < 1.29 is 4.79 Å². The van der Waals surface area contributed by atoms with Crippen molar-refractivity contribution in [2.24, 2.45) is 7.05 Å².